The number of rotatable bonds is 8. The normalized spacial score (nSPS) is 11.4. The van der Waals surface area contributed by atoms with Gasteiger partial charge in [-0.15, -0.1) is 0 Å². The molecule has 0 saturated carbocycles. The molecule has 6 heteroatoms. The SMILES string of the molecule is CCNC(=NCc1cnn(Cc2ccccc2)c1)NCCc1ccccc1F. The predicted octanol–water partition coefficient (Wildman–Crippen LogP) is 3.37. The van der Waals surface area contributed by atoms with Crippen LogP contribution in [0, 0.1) is 5.82 Å². The number of hydrogen-bond acceptors (Lipinski definition) is 2. The van der Waals surface area contributed by atoms with Gasteiger partial charge in [-0.2, -0.15) is 5.10 Å². The average molecular weight is 379 g/mol. The number of halogens is 1. The molecule has 3 rings (SSSR count). The first-order chi connectivity index (χ1) is 13.7. The zero-order valence-electron chi connectivity index (χ0n) is 16.1. The van der Waals surface area contributed by atoms with Crippen molar-refractivity contribution in [2.45, 2.75) is 26.4 Å². The Balaban J connectivity index is 1.53. The van der Waals surface area contributed by atoms with Crippen LogP contribution in [-0.4, -0.2) is 28.8 Å². The van der Waals surface area contributed by atoms with Crippen LogP contribution in [0.4, 0.5) is 4.39 Å². The van der Waals surface area contributed by atoms with Crippen molar-refractivity contribution in [3.05, 3.63) is 89.5 Å². The van der Waals surface area contributed by atoms with E-state index < -0.39 is 0 Å². The van der Waals surface area contributed by atoms with E-state index in [1.54, 1.807) is 6.07 Å². The Hall–Kier alpha value is -3.15. The fourth-order valence-corrected chi connectivity index (χ4v) is 2.87. The van der Waals surface area contributed by atoms with E-state index in [0.717, 1.165) is 24.6 Å². The number of nitrogens with one attached hydrogen (secondary N) is 2. The lowest BCUT2D eigenvalue weighted by atomic mass is 10.1. The van der Waals surface area contributed by atoms with E-state index >= 15 is 0 Å². The molecule has 0 aliphatic heterocycles. The number of guanidine groups is 1. The maximum Gasteiger partial charge on any atom is 0.191 e. The van der Waals surface area contributed by atoms with Crippen LogP contribution in [0.5, 0.6) is 0 Å². The van der Waals surface area contributed by atoms with Crippen molar-refractivity contribution in [2.24, 2.45) is 4.99 Å². The minimum absolute atomic E-state index is 0.169. The summed E-state index contributed by atoms with van der Waals surface area (Å²) in [7, 11) is 0. The molecule has 0 aliphatic carbocycles. The number of aliphatic imine (C=N–C) groups is 1. The summed E-state index contributed by atoms with van der Waals surface area (Å²) in [6, 6.07) is 17.1. The van der Waals surface area contributed by atoms with Gasteiger partial charge in [-0.1, -0.05) is 48.5 Å². The Morgan fingerprint density at radius 3 is 2.61 bits per heavy atom. The maximum atomic E-state index is 13.7. The molecule has 0 unspecified atom stereocenters. The van der Waals surface area contributed by atoms with Crippen LogP contribution < -0.4 is 10.6 Å². The van der Waals surface area contributed by atoms with Crippen LogP contribution in [0.25, 0.3) is 0 Å². The molecule has 0 saturated heterocycles. The predicted molar refractivity (Wildman–Crippen MR) is 111 cm³/mol. The van der Waals surface area contributed by atoms with E-state index in [0.29, 0.717) is 25.1 Å². The van der Waals surface area contributed by atoms with E-state index in [1.807, 2.05) is 54.3 Å². The van der Waals surface area contributed by atoms with E-state index in [-0.39, 0.29) is 5.82 Å². The molecule has 0 fully saturated rings. The summed E-state index contributed by atoms with van der Waals surface area (Å²) in [6.45, 7) is 4.67. The van der Waals surface area contributed by atoms with Crippen molar-refractivity contribution < 1.29 is 4.39 Å². The van der Waals surface area contributed by atoms with E-state index in [9.17, 15) is 4.39 Å². The van der Waals surface area contributed by atoms with Gasteiger partial charge in [0.05, 0.1) is 19.3 Å². The van der Waals surface area contributed by atoms with Gasteiger partial charge < -0.3 is 10.6 Å². The molecule has 0 radical (unpaired) electrons. The fraction of sp³-hybridized carbons (Fsp3) is 0.273. The molecular formula is C22H26FN5. The number of benzene rings is 2. The second-order valence-electron chi connectivity index (χ2n) is 6.50. The van der Waals surface area contributed by atoms with Crippen LogP contribution in [0.3, 0.4) is 0 Å². The fourth-order valence-electron chi connectivity index (χ4n) is 2.87. The van der Waals surface area contributed by atoms with Gasteiger partial charge in [0.1, 0.15) is 5.82 Å². The van der Waals surface area contributed by atoms with Gasteiger partial charge in [-0.05, 0) is 30.5 Å². The molecule has 5 nitrogen and oxygen atoms in total. The molecule has 0 bridgehead atoms. The molecule has 3 aromatic rings. The van der Waals surface area contributed by atoms with Crippen LogP contribution in [0.1, 0.15) is 23.6 Å². The Morgan fingerprint density at radius 1 is 1.04 bits per heavy atom. The van der Waals surface area contributed by atoms with Gasteiger partial charge >= 0.3 is 0 Å². The zero-order chi connectivity index (χ0) is 19.6. The molecule has 28 heavy (non-hydrogen) atoms. The van der Waals surface area contributed by atoms with Gasteiger partial charge in [0, 0.05) is 24.8 Å². The van der Waals surface area contributed by atoms with Crippen LogP contribution in [0.2, 0.25) is 0 Å². The highest BCUT2D eigenvalue weighted by Gasteiger charge is 2.03. The number of hydrogen-bond donors (Lipinski definition) is 2. The molecule has 1 heterocycles. The lowest BCUT2D eigenvalue weighted by Crippen LogP contribution is -2.38. The maximum absolute atomic E-state index is 13.7. The van der Waals surface area contributed by atoms with Crippen molar-refractivity contribution in [3.8, 4) is 0 Å². The highest BCUT2D eigenvalue weighted by molar-refractivity contribution is 5.79. The Kier molecular flexibility index (Phi) is 7.18. The lowest BCUT2D eigenvalue weighted by molar-refractivity contribution is 0.606. The molecule has 146 valence electrons. The third-order valence-corrected chi connectivity index (χ3v) is 4.28. The van der Waals surface area contributed by atoms with Crippen molar-refractivity contribution in [1.29, 1.82) is 0 Å². The van der Waals surface area contributed by atoms with Gasteiger partial charge in [0.25, 0.3) is 0 Å². The number of aromatic nitrogens is 2. The molecule has 2 aromatic carbocycles. The van der Waals surface area contributed by atoms with E-state index in [1.165, 1.54) is 11.6 Å². The lowest BCUT2D eigenvalue weighted by Gasteiger charge is -2.11. The third kappa shape index (κ3) is 5.94. The first-order valence-electron chi connectivity index (χ1n) is 9.55. The van der Waals surface area contributed by atoms with Gasteiger partial charge in [0.2, 0.25) is 0 Å². The minimum Gasteiger partial charge on any atom is -0.357 e. The molecule has 1 aromatic heterocycles. The second-order valence-corrected chi connectivity index (χ2v) is 6.50. The Labute approximate surface area is 165 Å². The molecule has 2 N–H and O–H groups in total. The summed E-state index contributed by atoms with van der Waals surface area (Å²) in [6.07, 6.45) is 4.46. The van der Waals surface area contributed by atoms with Crippen molar-refractivity contribution in [3.63, 3.8) is 0 Å². The first kappa shape index (κ1) is 19.6. The smallest absolute Gasteiger partial charge is 0.191 e. The third-order valence-electron chi connectivity index (χ3n) is 4.28. The minimum atomic E-state index is -0.169. The summed E-state index contributed by atoms with van der Waals surface area (Å²) in [5.41, 5.74) is 2.96. The Morgan fingerprint density at radius 2 is 1.82 bits per heavy atom. The van der Waals surface area contributed by atoms with Crippen molar-refractivity contribution >= 4 is 5.96 Å². The van der Waals surface area contributed by atoms with Crippen molar-refractivity contribution in [1.82, 2.24) is 20.4 Å². The van der Waals surface area contributed by atoms with Crippen LogP contribution >= 0.6 is 0 Å². The molecule has 0 atom stereocenters. The summed E-state index contributed by atoms with van der Waals surface area (Å²) in [4.78, 5) is 4.61. The van der Waals surface area contributed by atoms with Crippen LogP contribution in [0.15, 0.2) is 72.0 Å². The largest absolute Gasteiger partial charge is 0.357 e. The van der Waals surface area contributed by atoms with Gasteiger partial charge in [-0.25, -0.2) is 9.38 Å². The monoisotopic (exact) mass is 379 g/mol. The topological polar surface area (TPSA) is 54.2 Å². The molecular weight excluding hydrogens is 353 g/mol. The van der Waals surface area contributed by atoms with E-state index in [4.69, 9.17) is 0 Å². The number of nitrogens with zero attached hydrogens (tertiary/aromatic N) is 3. The summed E-state index contributed by atoms with van der Waals surface area (Å²) < 4.78 is 15.6. The highest BCUT2D eigenvalue weighted by Crippen LogP contribution is 2.07. The first-order valence-corrected chi connectivity index (χ1v) is 9.55. The molecule has 0 amide bonds. The standard InChI is InChI=1S/C22H26FN5/c1-2-24-22(25-13-12-20-10-6-7-11-21(20)23)26-14-19-15-27-28(17-19)16-18-8-4-3-5-9-18/h3-11,15,17H,2,12-14,16H2,1H3,(H2,24,25,26). The highest BCUT2D eigenvalue weighted by atomic mass is 19.1. The zero-order valence-corrected chi connectivity index (χ0v) is 16.1. The summed E-state index contributed by atoms with van der Waals surface area (Å²) in [5.74, 6) is 0.548. The quantitative estimate of drug-likeness (QED) is 0.466. The van der Waals surface area contributed by atoms with Gasteiger partial charge in [-0.3, -0.25) is 4.68 Å². The Bertz CT molecular complexity index is 889. The second kappa shape index (κ2) is 10.3. The molecule has 0 spiro atoms. The van der Waals surface area contributed by atoms with E-state index in [2.05, 4.69) is 32.9 Å². The summed E-state index contributed by atoms with van der Waals surface area (Å²) in [5, 5.41) is 10.9. The van der Waals surface area contributed by atoms with Gasteiger partial charge in [0.15, 0.2) is 5.96 Å². The summed E-state index contributed by atoms with van der Waals surface area (Å²) >= 11 is 0. The van der Waals surface area contributed by atoms with Crippen LogP contribution in [-0.2, 0) is 19.5 Å². The average Bonchev–Trinajstić information content (AvgIpc) is 3.15. The molecule has 0 aliphatic rings. The van der Waals surface area contributed by atoms with Crippen molar-refractivity contribution in [2.75, 3.05) is 13.1 Å².